The lowest BCUT2D eigenvalue weighted by Crippen LogP contribution is -2.03. The molecule has 1 aromatic carbocycles. The Morgan fingerprint density at radius 3 is 2.85 bits per heavy atom. The van der Waals surface area contributed by atoms with E-state index in [1.807, 2.05) is 0 Å². The van der Waals surface area contributed by atoms with Crippen LogP contribution in [0.3, 0.4) is 0 Å². The van der Waals surface area contributed by atoms with E-state index in [4.69, 9.17) is 25.9 Å². The number of benzene rings is 1. The number of aliphatic carboxylic acids is 1. The molecule has 0 fully saturated rings. The number of carboxylic acid groups (broad SMARTS) is 1. The summed E-state index contributed by atoms with van der Waals surface area (Å²) in [6.45, 7) is 2.02. The van der Waals surface area contributed by atoms with Crippen LogP contribution in [0.5, 0.6) is 5.75 Å². The molecule has 1 heterocycles. The average molecular weight is 297 g/mol. The van der Waals surface area contributed by atoms with Crippen LogP contribution in [0.25, 0.3) is 11.0 Å². The number of rotatable bonds is 5. The van der Waals surface area contributed by atoms with Gasteiger partial charge < -0.3 is 14.3 Å². The van der Waals surface area contributed by atoms with E-state index in [1.165, 1.54) is 6.07 Å². The molecule has 0 aliphatic carbocycles. The molecular weight excluding hydrogens is 284 g/mol. The van der Waals surface area contributed by atoms with Gasteiger partial charge in [-0.25, -0.2) is 4.79 Å². The highest BCUT2D eigenvalue weighted by atomic mass is 35.5. The zero-order chi connectivity index (χ0) is 14.7. The molecular formula is C14H13ClO5. The standard InChI is InChI=1S/C14H13ClO5/c1-8-5-14(18)20-11-7-12(10(15)6-9(8)11)19-4-2-3-13(16)17/h5-7H,2-4H2,1H3,(H,16,17). The molecule has 20 heavy (non-hydrogen) atoms. The van der Waals surface area contributed by atoms with Crippen molar-refractivity contribution < 1.29 is 19.1 Å². The maximum Gasteiger partial charge on any atom is 0.336 e. The number of halogens is 1. The normalized spacial score (nSPS) is 10.7. The molecule has 0 amide bonds. The summed E-state index contributed by atoms with van der Waals surface area (Å²) < 4.78 is 10.5. The largest absolute Gasteiger partial charge is 0.492 e. The molecule has 0 spiro atoms. The number of fused-ring (bicyclic) bond motifs is 1. The van der Waals surface area contributed by atoms with Crippen LogP contribution in [-0.2, 0) is 4.79 Å². The molecule has 106 valence electrons. The topological polar surface area (TPSA) is 76.7 Å². The van der Waals surface area contributed by atoms with Gasteiger partial charge in [-0.15, -0.1) is 0 Å². The minimum absolute atomic E-state index is 0.0272. The summed E-state index contributed by atoms with van der Waals surface area (Å²) in [5.74, 6) is -0.502. The van der Waals surface area contributed by atoms with E-state index in [9.17, 15) is 9.59 Å². The zero-order valence-corrected chi connectivity index (χ0v) is 11.6. The van der Waals surface area contributed by atoms with Crippen LogP contribution in [-0.4, -0.2) is 17.7 Å². The van der Waals surface area contributed by atoms with Gasteiger partial charge in [0.25, 0.3) is 0 Å². The van der Waals surface area contributed by atoms with E-state index >= 15 is 0 Å². The minimum atomic E-state index is -0.875. The van der Waals surface area contributed by atoms with Crippen LogP contribution in [0.2, 0.25) is 5.02 Å². The lowest BCUT2D eigenvalue weighted by Gasteiger charge is -2.09. The van der Waals surface area contributed by atoms with Crippen molar-refractivity contribution in [3.05, 3.63) is 39.2 Å². The number of aryl methyl sites for hydroxylation is 1. The molecule has 6 heteroatoms. The summed E-state index contributed by atoms with van der Waals surface area (Å²) in [6.07, 6.45) is 0.404. The zero-order valence-electron chi connectivity index (χ0n) is 10.8. The molecule has 0 saturated carbocycles. The Morgan fingerprint density at radius 1 is 1.40 bits per heavy atom. The third-order valence-electron chi connectivity index (χ3n) is 2.80. The number of carboxylic acids is 1. The second-order valence-corrected chi connectivity index (χ2v) is 4.78. The summed E-state index contributed by atoms with van der Waals surface area (Å²) >= 11 is 6.10. The summed E-state index contributed by atoms with van der Waals surface area (Å²) in [6, 6.07) is 4.61. The van der Waals surface area contributed by atoms with Crippen LogP contribution >= 0.6 is 11.6 Å². The molecule has 5 nitrogen and oxygen atoms in total. The van der Waals surface area contributed by atoms with Gasteiger partial charge >= 0.3 is 11.6 Å². The second-order valence-electron chi connectivity index (χ2n) is 4.37. The fourth-order valence-electron chi connectivity index (χ4n) is 1.84. The van der Waals surface area contributed by atoms with Crippen molar-refractivity contribution in [3.8, 4) is 5.75 Å². The van der Waals surface area contributed by atoms with Crippen molar-refractivity contribution in [2.75, 3.05) is 6.61 Å². The number of ether oxygens (including phenoxy) is 1. The molecule has 2 aromatic rings. The second kappa shape index (κ2) is 5.96. The molecule has 0 aliphatic heterocycles. The lowest BCUT2D eigenvalue weighted by molar-refractivity contribution is -0.137. The fourth-order valence-corrected chi connectivity index (χ4v) is 2.05. The van der Waals surface area contributed by atoms with E-state index in [-0.39, 0.29) is 13.0 Å². The Balaban J connectivity index is 2.24. The third-order valence-corrected chi connectivity index (χ3v) is 3.09. The maximum absolute atomic E-state index is 11.3. The Morgan fingerprint density at radius 2 is 2.15 bits per heavy atom. The van der Waals surface area contributed by atoms with Gasteiger partial charge in [0, 0.05) is 23.9 Å². The molecule has 0 saturated heterocycles. The first-order valence-electron chi connectivity index (χ1n) is 6.06. The third kappa shape index (κ3) is 3.30. The highest BCUT2D eigenvalue weighted by Gasteiger charge is 2.09. The molecule has 2 rings (SSSR count). The first-order valence-corrected chi connectivity index (χ1v) is 6.44. The predicted molar refractivity (Wildman–Crippen MR) is 74.6 cm³/mol. The first kappa shape index (κ1) is 14.4. The van der Waals surface area contributed by atoms with Gasteiger partial charge in [-0.2, -0.15) is 0 Å². The Labute approximate surface area is 119 Å². The van der Waals surface area contributed by atoms with Gasteiger partial charge in [0.2, 0.25) is 0 Å². The number of hydrogen-bond acceptors (Lipinski definition) is 4. The SMILES string of the molecule is Cc1cc(=O)oc2cc(OCCCC(=O)O)c(Cl)cc12. The van der Waals surface area contributed by atoms with Crippen LogP contribution in [0.4, 0.5) is 0 Å². The van der Waals surface area contributed by atoms with Crippen molar-refractivity contribution in [3.63, 3.8) is 0 Å². The van der Waals surface area contributed by atoms with E-state index in [1.54, 1.807) is 19.1 Å². The van der Waals surface area contributed by atoms with Crippen LogP contribution in [0.15, 0.2) is 27.4 Å². The highest BCUT2D eigenvalue weighted by molar-refractivity contribution is 6.32. The summed E-state index contributed by atoms with van der Waals surface area (Å²) in [5.41, 5.74) is 0.734. The van der Waals surface area contributed by atoms with Gasteiger partial charge in [-0.3, -0.25) is 4.79 Å². The molecule has 0 aliphatic rings. The molecule has 1 aromatic heterocycles. The van der Waals surface area contributed by atoms with Gasteiger partial charge in [-0.05, 0) is 25.0 Å². The van der Waals surface area contributed by atoms with Gasteiger partial charge in [0.05, 0.1) is 11.6 Å². The van der Waals surface area contributed by atoms with E-state index in [0.29, 0.717) is 22.8 Å². The maximum atomic E-state index is 11.3. The molecule has 0 radical (unpaired) electrons. The predicted octanol–water partition coefficient (Wildman–Crippen LogP) is 3.00. The van der Waals surface area contributed by atoms with Crippen LogP contribution in [0, 0.1) is 6.92 Å². The first-order chi connectivity index (χ1) is 9.47. The van der Waals surface area contributed by atoms with Crippen molar-refractivity contribution in [2.24, 2.45) is 0 Å². The lowest BCUT2D eigenvalue weighted by atomic mass is 10.1. The summed E-state index contributed by atoms with van der Waals surface area (Å²) in [4.78, 5) is 21.7. The van der Waals surface area contributed by atoms with E-state index < -0.39 is 11.6 Å². The van der Waals surface area contributed by atoms with Gasteiger partial charge in [-0.1, -0.05) is 11.6 Å². The van der Waals surface area contributed by atoms with Crippen molar-refractivity contribution >= 4 is 28.5 Å². The average Bonchev–Trinajstić information content (AvgIpc) is 2.36. The van der Waals surface area contributed by atoms with Crippen molar-refractivity contribution in [1.29, 1.82) is 0 Å². The highest BCUT2D eigenvalue weighted by Crippen LogP contribution is 2.31. The van der Waals surface area contributed by atoms with Crippen LogP contribution < -0.4 is 10.4 Å². The van der Waals surface area contributed by atoms with Crippen LogP contribution in [0.1, 0.15) is 18.4 Å². The van der Waals surface area contributed by atoms with Crippen molar-refractivity contribution in [1.82, 2.24) is 0 Å². The molecule has 0 atom stereocenters. The molecule has 1 N–H and O–H groups in total. The summed E-state index contributed by atoms with van der Waals surface area (Å²) in [7, 11) is 0. The monoisotopic (exact) mass is 296 g/mol. The summed E-state index contributed by atoms with van der Waals surface area (Å²) in [5, 5.41) is 9.67. The van der Waals surface area contributed by atoms with Gasteiger partial charge in [0.1, 0.15) is 11.3 Å². The van der Waals surface area contributed by atoms with Gasteiger partial charge in [0.15, 0.2) is 0 Å². The van der Waals surface area contributed by atoms with E-state index in [0.717, 1.165) is 10.9 Å². The number of carbonyl (C=O) groups is 1. The minimum Gasteiger partial charge on any atom is -0.492 e. The fraction of sp³-hybridized carbons (Fsp3) is 0.286. The van der Waals surface area contributed by atoms with Crippen molar-refractivity contribution in [2.45, 2.75) is 19.8 Å². The molecule has 0 unspecified atom stereocenters. The van der Waals surface area contributed by atoms with E-state index in [2.05, 4.69) is 0 Å². The quantitative estimate of drug-likeness (QED) is 0.678. The Bertz CT molecular complexity index is 705. The molecule has 0 bridgehead atoms. The number of hydrogen-bond donors (Lipinski definition) is 1. The smallest absolute Gasteiger partial charge is 0.336 e. The Hall–Kier alpha value is -2.01. The Kier molecular flexibility index (Phi) is 4.29.